The largest absolute Gasteiger partial charge is 0.494 e. The molecule has 9 nitrogen and oxygen atoms in total. The average molecular weight is 466 g/mol. The number of nitrogens with zero attached hydrogens (tertiary/aromatic N) is 3. The standard InChI is InChI=1S/C22H31N5O4.ClH/c1-22(2,3)12-26-19-15(7-4-13-8-10-31-11-9-13)17(23)25-27(19)21(30)16(20(26)29)18(28)24-14-5-6-14;/h4,7,13-14,29H,5-6,8-12H2,1-3H3,(H2,23,25)(H,24,28);1H. The third-order valence-electron chi connectivity index (χ3n) is 5.64. The first kappa shape index (κ1) is 24.1. The van der Waals surface area contributed by atoms with Crippen molar-refractivity contribution in [2.24, 2.45) is 11.3 Å². The molecule has 2 aromatic rings. The van der Waals surface area contributed by atoms with Gasteiger partial charge in [-0.3, -0.25) is 14.2 Å². The summed E-state index contributed by atoms with van der Waals surface area (Å²) in [6.45, 7) is 7.85. The van der Waals surface area contributed by atoms with Crippen LogP contribution in [0.1, 0.15) is 62.4 Å². The van der Waals surface area contributed by atoms with E-state index in [0.717, 1.165) is 30.2 Å². The molecule has 0 spiro atoms. The van der Waals surface area contributed by atoms with Crippen molar-refractivity contribution in [3.63, 3.8) is 0 Å². The van der Waals surface area contributed by atoms with Crippen LogP contribution in [0.3, 0.4) is 0 Å². The molecule has 0 bridgehead atoms. The van der Waals surface area contributed by atoms with Crippen LogP contribution in [-0.4, -0.2) is 44.5 Å². The van der Waals surface area contributed by atoms with Crippen molar-refractivity contribution < 1.29 is 14.6 Å². The molecule has 3 heterocycles. The number of hydrogen-bond acceptors (Lipinski definition) is 6. The molecule has 2 aliphatic rings. The van der Waals surface area contributed by atoms with Gasteiger partial charge >= 0.3 is 0 Å². The minimum atomic E-state index is -0.673. The third-order valence-corrected chi connectivity index (χ3v) is 5.64. The van der Waals surface area contributed by atoms with Crippen LogP contribution >= 0.6 is 12.4 Å². The van der Waals surface area contributed by atoms with Crippen LogP contribution in [0.4, 0.5) is 5.82 Å². The summed E-state index contributed by atoms with van der Waals surface area (Å²) in [6, 6.07) is 0.0544. The van der Waals surface area contributed by atoms with Crippen LogP contribution < -0.4 is 16.6 Å². The number of amides is 1. The minimum absolute atomic E-state index is 0. The van der Waals surface area contributed by atoms with Crippen LogP contribution in [0, 0.1) is 11.3 Å². The Morgan fingerprint density at radius 2 is 1.94 bits per heavy atom. The fourth-order valence-corrected chi connectivity index (χ4v) is 3.88. The fraction of sp³-hybridized carbons (Fsp3) is 0.591. The number of aromatic hydroxyl groups is 1. The first-order chi connectivity index (χ1) is 14.7. The van der Waals surface area contributed by atoms with Crippen molar-refractivity contribution in [2.45, 2.75) is 59.0 Å². The summed E-state index contributed by atoms with van der Waals surface area (Å²) in [6.07, 6.45) is 7.52. The van der Waals surface area contributed by atoms with Crippen molar-refractivity contribution in [3.8, 4) is 5.88 Å². The van der Waals surface area contributed by atoms with E-state index in [2.05, 4.69) is 16.5 Å². The molecular formula is C22H32ClN5O4. The second-order valence-electron chi connectivity index (χ2n) is 9.74. The van der Waals surface area contributed by atoms with Crippen LogP contribution in [-0.2, 0) is 11.3 Å². The Hall–Kier alpha value is -2.52. The molecule has 2 fully saturated rings. The molecule has 10 heteroatoms. The number of nitrogen functional groups attached to an aromatic ring is 1. The summed E-state index contributed by atoms with van der Waals surface area (Å²) in [5.74, 6) is -0.403. The highest BCUT2D eigenvalue weighted by atomic mass is 35.5. The van der Waals surface area contributed by atoms with Crippen molar-refractivity contribution in [2.75, 3.05) is 18.9 Å². The number of allylic oxidation sites excluding steroid dienone is 1. The van der Waals surface area contributed by atoms with E-state index in [1.54, 1.807) is 4.57 Å². The summed E-state index contributed by atoms with van der Waals surface area (Å²) in [7, 11) is 0. The minimum Gasteiger partial charge on any atom is -0.494 e. The van der Waals surface area contributed by atoms with Gasteiger partial charge in [-0.1, -0.05) is 32.9 Å². The molecular weight excluding hydrogens is 434 g/mol. The molecule has 1 amide bonds. The van der Waals surface area contributed by atoms with E-state index >= 15 is 0 Å². The predicted molar refractivity (Wildman–Crippen MR) is 125 cm³/mol. The Bertz CT molecular complexity index is 1090. The highest BCUT2D eigenvalue weighted by Crippen LogP contribution is 2.30. The fourth-order valence-electron chi connectivity index (χ4n) is 3.88. The molecule has 1 aliphatic heterocycles. The highest BCUT2D eigenvalue weighted by Gasteiger charge is 2.31. The number of halogens is 1. The molecule has 4 rings (SSSR count). The van der Waals surface area contributed by atoms with E-state index in [-0.39, 0.29) is 41.1 Å². The molecule has 0 unspecified atom stereocenters. The Labute approximate surface area is 193 Å². The number of hydrogen-bond donors (Lipinski definition) is 3. The number of carbonyl (C=O) groups excluding carboxylic acids is 1. The quantitative estimate of drug-likeness (QED) is 0.623. The molecule has 176 valence electrons. The molecule has 2 aromatic heterocycles. The maximum absolute atomic E-state index is 13.2. The van der Waals surface area contributed by atoms with Gasteiger partial charge in [0.2, 0.25) is 5.88 Å². The number of ether oxygens (including phenoxy) is 1. The van der Waals surface area contributed by atoms with Crippen LogP contribution in [0.15, 0.2) is 10.9 Å². The van der Waals surface area contributed by atoms with Gasteiger partial charge in [0.1, 0.15) is 0 Å². The van der Waals surface area contributed by atoms with Crippen molar-refractivity contribution in [1.29, 1.82) is 0 Å². The topological polar surface area (TPSA) is 124 Å². The van der Waals surface area contributed by atoms with Gasteiger partial charge in [-0.15, -0.1) is 17.5 Å². The summed E-state index contributed by atoms with van der Waals surface area (Å²) in [5, 5.41) is 18.1. The second-order valence-corrected chi connectivity index (χ2v) is 9.74. The number of nitrogens with two attached hydrogens (primary N) is 1. The normalized spacial score (nSPS) is 17.6. The summed E-state index contributed by atoms with van der Waals surface area (Å²) in [5.41, 5.74) is 5.94. The van der Waals surface area contributed by atoms with E-state index in [0.29, 0.717) is 36.9 Å². The van der Waals surface area contributed by atoms with Gasteiger partial charge in [0.05, 0.1) is 5.56 Å². The van der Waals surface area contributed by atoms with Gasteiger partial charge in [0.25, 0.3) is 11.5 Å². The third kappa shape index (κ3) is 4.94. The van der Waals surface area contributed by atoms with E-state index in [1.807, 2.05) is 26.8 Å². The average Bonchev–Trinajstić information content (AvgIpc) is 3.44. The summed E-state index contributed by atoms with van der Waals surface area (Å²) >= 11 is 0. The van der Waals surface area contributed by atoms with Crippen LogP contribution in [0.2, 0.25) is 0 Å². The lowest BCUT2D eigenvalue weighted by Gasteiger charge is -2.23. The molecule has 1 saturated carbocycles. The van der Waals surface area contributed by atoms with Crippen LogP contribution in [0.5, 0.6) is 5.88 Å². The van der Waals surface area contributed by atoms with Crippen molar-refractivity contribution in [1.82, 2.24) is 19.5 Å². The van der Waals surface area contributed by atoms with Gasteiger partial charge in [-0.05, 0) is 37.0 Å². The zero-order chi connectivity index (χ0) is 22.3. The predicted octanol–water partition coefficient (Wildman–Crippen LogP) is 2.58. The van der Waals surface area contributed by atoms with Gasteiger partial charge in [0.15, 0.2) is 17.0 Å². The maximum Gasteiger partial charge on any atom is 0.291 e. The Balaban J connectivity index is 0.00000289. The maximum atomic E-state index is 13.2. The van der Waals surface area contributed by atoms with E-state index in [1.165, 1.54) is 0 Å². The highest BCUT2D eigenvalue weighted by molar-refractivity contribution is 5.97. The lowest BCUT2D eigenvalue weighted by molar-refractivity contribution is 0.0787. The van der Waals surface area contributed by atoms with Gasteiger partial charge in [-0.25, -0.2) is 0 Å². The number of nitrogens with one attached hydrogen (secondary N) is 1. The number of carbonyl (C=O) groups is 1. The smallest absolute Gasteiger partial charge is 0.291 e. The first-order valence-electron chi connectivity index (χ1n) is 10.9. The van der Waals surface area contributed by atoms with E-state index < -0.39 is 11.5 Å². The van der Waals surface area contributed by atoms with E-state index in [4.69, 9.17) is 10.5 Å². The number of anilines is 1. The monoisotopic (exact) mass is 465 g/mol. The van der Waals surface area contributed by atoms with E-state index in [9.17, 15) is 14.7 Å². The first-order valence-corrected chi connectivity index (χ1v) is 10.9. The second kappa shape index (κ2) is 9.15. The summed E-state index contributed by atoms with van der Waals surface area (Å²) < 4.78 is 8.14. The van der Waals surface area contributed by atoms with Crippen molar-refractivity contribution >= 4 is 35.9 Å². The van der Waals surface area contributed by atoms with Crippen molar-refractivity contribution in [3.05, 3.63) is 27.6 Å². The SMILES string of the molecule is CC(C)(C)Cn1c(O)c(C(=O)NC2CC2)c(=O)n2nc(N)c(C=CC3CCOCC3)c12.Cl. The molecule has 1 aliphatic carbocycles. The van der Waals surface area contributed by atoms with Crippen LogP contribution in [0.25, 0.3) is 11.7 Å². The number of aromatic nitrogens is 3. The zero-order valence-electron chi connectivity index (χ0n) is 18.8. The molecule has 4 N–H and O–H groups in total. The molecule has 32 heavy (non-hydrogen) atoms. The molecule has 0 atom stereocenters. The Morgan fingerprint density at radius 1 is 1.28 bits per heavy atom. The number of fused-ring (bicyclic) bond motifs is 1. The number of rotatable bonds is 5. The molecule has 1 saturated heterocycles. The van der Waals surface area contributed by atoms with Gasteiger partial charge in [0, 0.05) is 25.8 Å². The zero-order valence-corrected chi connectivity index (χ0v) is 19.6. The lowest BCUT2D eigenvalue weighted by atomic mass is 9.96. The lowest BCUT2D eigenvalue weighted by Crippen LogP contribution is -2.35. The van der Waals surface area contributed by atoms with Gasteiger partial charge < -0.3 is 20.9 Å². The molecule has 0 aromatic carbocycles. The Kier molecular flexibility index (Phi) is 6.90. The summed E-state index contributed by atoms with van der Waals surface area (Å²) in [4.78, 5) is 25.9. The Morgan fingerprint density at radius 3 is 2.53 bits per heavy atom. The van der Waals surface area contributed by atoms with Gasteiger partial charge in [-0.2, -0.15) is 4.52 Å². The molecule has 0 radical (unpaired) electrons.